The summed E-state index contributed by atoms with van der Waals surface area (Å²) in [6.07, 6.45) is 2.23. The molecule has 0 unspecified atom stereocenters. The SMILES string of the molecule is O=C(c1cccc(-c2nc3ccccc3s2)c1)N1CCCC1. The zero-order chi connectivity index (χ0) is 14.9. The van der Waals surface area contributed by atoms with Crippen molar-refractivity contribution in [1.29, 1.82) is 0 Å². The van der Waals surface area contributed by atoms with Crippen molar-refractivity contribution in [2.75, 3.05) is 13.1 Å². The molecule has 0 bridgehead atoms. The highest BCUT2D eigenvalue weighted by atomic mass is 32.1. The number of carbonyl (C=O) groups excluding carboxylic acids is 1. The third-order valence-electron chi connectivity index (χ3n) is 4.04. The topological polar surface area (TPSA) is 33.2 Å². The normalized spacial score (nSPS) is 14.6. The highest BCUT2D eigenvalue weighted by molar-refractivity contribution is 7.21. The van der Waals surface area contributed by atoms with Crippen LogP contribution in [0.4, 0.5) is 0 Å². The van der Waals surface area contributed by atoms with Crippen LogP contribution in [0.3, 0.4) is 0 Å². The van der Waals surface area contributed by atoms with Crippen molar-refractivity contribution in [3.8, 4) is 10.6 Å². The number of nitrogens with zero attached hydrogens (tertiary/aromatic N) is 2. The van der Waals surface area contributed by atoms with Crippen LogP contribution in [0.2, 0.25) is 0 Å². The molecule has 1 saturated heterocycles. The summed E-state index contributed by atoms with van der Waals surface area (Å²) in [7, 11) is 0. The maximum absolute atomic E-state index is 12.5. The lowest BCUT2D eigenvalue weighted by Gasteiger charge is -2.15. The number of aromatic nitrogens is 1. The Morgan fingerprint density at radius 1 is 1.05 bits per heavy atom. The lowest BCUT2D eigenvalue weighted by atomic mass is 10.1. The van der Waals surface area contributed by atoms with Gasteiger partial charge in [-0.25, -0.2) is 4.98 Å². The molecule has 110 valence electrons. The Balaban J connectivity index is 1.70. The number of amides is 1. The highest BCUT2D eigenvalue weighted by Gasteiger charge is 2.19. The smallest absolute Gasteiger partial charge is 0.253 e. The number of likely N-dealkylation sites (tertiary alicyclic amines) is 1. The molecule has 2 heterocycles. The van der Waals surface area contributed by atoms with E-state index in [1.54, 1.807) is 11.3 Å². The summed E-state index contributed by atoms with van der Waals surface area (Å²) >= 11 is 1.67. The lowest BCUT2D eigenvalue weighted by molar-refractivity contribution is 0.0793. The average molecular weight is 308 g/mol. The van der Waals surface area contributed by atoms with Gasteiger partial charge >= 0.3 is 0 Å². The number of thiazole rings is 1. The second-order valence-electron chi connectivity index (χ2n) is 5.57. The van der Waals surface area contributed by atoms with Gasteiger partial charge in [0.05, 0.1) is 10.2 Å². The van der Waals surface area contributed by atoms with Crippen LogP contribution in [0.5, 0.6) is 0 Å². The monoisotopic (exact) mass is 308 g/mol. The molecule has 0 atom stereocenters. The summed E-state index contributed by atoms with van der Waals surface area (Å²) in [5, 5.41) is 0.970. The van der Waals surface area contributed by atoms with E-state index >= 15 is 0 Å². The van der Waals surface area contributed by atoms with Crippen LogP contribution in [0, 0.1) is 0 Å². The van der Waals surface area contributed by atoms with Gasteiger partial charge in [-0.1, -0.05) is 24.3 Å². The molecular formula is C18H16N2OS. The summed E-state index contributed by atoms with van der Waals surface area (Å²) in [5.74, 6) is 0.139. The Labute approximate surface area is 133 Å². The van der Waals surface area contributed by atoms with Crippen molar-refractivity contribution >= 4 is 27.5 Å². The van der Waals surface area contributed by atoms with Gasteiger partial charge < -0.3 is 4.90 Å². The van der Waals surface area contributed by atoms with E-state index in [2.05, 4.69) is 11.1 Å². The third kappa shape index (κ3) is 2.40. The van der Waals surface area contributed by atoms with Gasteiger partial charge in [-0.15, -0.1) is 11.3 Å². The Hall–Kier alpha value is -2.20. The Morgan fingerprint density at radius 2 is 1.86 bits per heavy atom. The standard InChI is InChI=1S/C18H16N2OS/c21-18(20-10-3-4-11-20)14-7-5-6-13(12-14)17-19-15-8-1-2-9-16(15)22-17/h1-2,5-9,12H,3-4,10-11H2. The van der Waals surface area contributed by atoms with Crippen molar-refractivity contribution in [1.82, 2.24) is 9.88 Å². The predicted octanol–water partition coefficient (Wildman–Crippen LogP) is 4.20. The van der Waals surface area contributed by atoms with Gasteiger partial charge in [0.15, 0.2) is 0 Å². The maximum atomic E-state index is 12.5. The first-order valence-corrected chi connectivity index (χ1v) is 8.38. The van der Waals surface area contributed by atoms with Crippen molar-refractivity contribution < 1.29 is 4.79 Å². The molecule has 0 saturated carbocycles. The number of hydrogen-bond donors (Lipinski definition) is 0. The Kier molecular flexibility index (Phi) is 3.39. The molecule has 4 rings (SSSR count). The second kappa shape index (κ2) is 5.54. The molecule has 0 radical (unpaired) electrons. The van der Waals surface area contributed by atoms with E-state index in [1.807, 2.05) is 47.4 Å². The molecule has 1 aromatic heterocycles. The Morgan fingerprint density at radius 3 is 2.68 bits per heavy atom. The van der Waals surface area contributed by atoms with Crippen LogP contribution < -0.4 is 0 Å². The number of rotatable bonds is 2. The summed E-state index contributed by atoms with van der Waals surface area (Å²) in [4.78, 5) is 19.1. The van der Waals surface area contributed by atoms with Gasteiger partial charge in [0, 0.05) is 24.2 Å². The van der Waals surface area contributed by atoms with E-state index in [0.717, 1.165) is 47.6 Å². The fraction of sp³-hybridized carbons (Fsp3) is 0.222. The van der Waals surface area contributed by atoms with Gasteiger partial charge in [0.25, 0.3) is 5.91 Å². The molecule has 2 aromatic carbocycles. The van der Waals surface area contributed by atoms with Gasteiger partial charge in [-0.3, -0.25) is 4.79 Å². The molecule has 3 nitrogen and oxygen atoms in total. The van der Waals surface area contributed by atoms with E-state index in [-0.39, 0.29) is 5.91 Å². The first-order valence-electron chi connectivity index (χ1n) is 7.56. The summed E-state index contributed by atoms with van der Waals surface area (Å²) < 4.78 is 1.17. The third-order valence-corrected chi connectivity index (χ3v) is 5.13. The van der Waals surface area contributed by atoms with Crippen LogP contribution in [0.15, 0.2) is 48.5 Å². The summed E-state index contributed by atoms with van der Waals surface area (Å²) in [6, 6.07) is 16.0. The molecule has 3 aromatic rings. The van der Waals surface area contributed by atoms with E-state index in [0.29, 0.717) is 0 Å². The molecule has 0 spiro atoms. The molecule has 0 aliphatic carbocycles. The molecule has 22 heavy (non-hydrogen) atoms. The van der Waals surface area contributed by atoms with E-state index in [1.165, 1.54) is 4.70 Å². The average Bonchev–Trinajstić information content (AvgIpc) is 3.23. The quantitative estimate of drug-likeness (QED) is 0.711. The van der Waals surface area contributed by atoms with Crippen LogP contribution in [-0.2, 0) is 0 Å². The predicted molar refractivity (Wildman–Crippen MR) is 90.2 cm³/mol. The maximum Gasteiger partial charge on any atom is 0.253 e. The number of para-hydroxylation sites is 1. The van der Waals surface area contributed by atoms with Crippen molar-refractivity contribution in [3.05, 3.63) is 54.1 Å². The van der Waals surface area contributed by atoms with Crippen LogP contribution >= 0.6 is 11.3 Å². The Bertz CT molecular complexity index is 801. The molecular weight excluding hydrogens is 292 g/mol. The van der Waals surface area contributed by atoms with Crippen molar-refractivity contribution in [2.24, 2.45) is 0 Å². The largest absolute Gasteiger partial charge is 0.339 e. The lowest BCUT2D eigenvalue weighted by Crippen LogP contribution is -2.27. The van der Waals surface area contributed by atoms with Crippen molar-refractivity contribution in [2.45, 2.75) is 12.8 Å². The zero-order valence-electron chi connectivity index (χ0n) is 12.2. The first-order chi connectivity index (χ1) is 10.8. The van der Waals surface area contributed by atoms with Crippen LogP contribution in [0.1, 0.15) is 23.2 Å². The van der Waals surface area contributed by atoms with E-state index < -0.39 is 0 Å². The fourth-order valence-electron chi connectivity index (χ4n) is 2.88. The minimum Gasteiger partial charge on any atom is -0.339 e. The van der Waals surface area contributed by atoms with Gasteiger partial charge in [-0.2, -0.15) is 0 Å². The highest BCUT2D eigenvalue weighted by Crippen LogP contribution is 2.30. The molecule has 0 N–H and O–H groups in total. The number of hydrogen-bond acceptors (Lipinski definition) is 3. The summed E-state index contributed by atoms with van der Waals surface area (Å²) in [6.45, 7) is 1.76. The second-order valence-corrected chi connectivity index (χ2v) is 6.60. The molecule has 1 aliphatic heterocycles. The minimum absolute atomic E-state index is 0.139. The number of carbonyl (C=O) groups is 1. The molecule has 4 heteroatoms. The van der Waals surface area contributed by atoms with Gasteiger partial charge in [0.2, 0.25) is 0 Å². The zero-order valence-corrected chi connectivity index (χ0v) is 13.0. The fourth-order valence-corrected chi connectivity index (χ4v) is 3.85. The van der Waals surface area contributed by atoms with E-state index in [4.69, 9.17) is 0 Å². The molecule has 1 amide bonds. The first kappa shape index (κ1) is 13.5. The number of fused-ring (bicyclic) bond motifs is 1. The number of benzene rings is 2. The van der Waals surface area contributed by atoms with E-state index in [9.17, 15) is 4.79 Å². The van der Waals surface area contributed by atoms with Gasteiger partial charge in [-0.05, 0) is 37.1 Å². The molecule has 1 aliphatic rings. The minimum atomic E-state index is 0.139. The van der Waals surface area contributed by atoms with Crippen LogP contribution in [0.25, 0.3) is 20.8 Å². The van der Waals surface area contributed by atoms with Crippen molar-refractivity contribution in [3.63, 3.8) is 0 Å². The van der Waals surface area contributed by atoms with Crippen LogP contribution in [-0.4, -0.2) is 28.9 Å². The van der Waals surface area contributed by atoms with Gasteiger partial charge in [0.1, 0.15) is 5.01 Å². The molecule has 1 fully saturated rings. The summed E-state index contributed by atoms with van der Waals surface area (Å²) in [5.41, 5.74) is 2.80.